The normalized spacial score (nSPS) is 29.9. The number of hydrogen-bond donors (Lipinski definition) is 2. The standard InChI is InChI=1S/C15H26N2O3/c1-4-10-8-12(10)16-14(20)17-7-5-6-11(9-17)15(2,3)13(18)19/h10-12H,4-9H2,1-3H3,(H,16,20)(H,18,19). The second-order valence-corrected chi connectivity index (χ2v) is 6.77. The molecule has 0 spiro atoms. The van der Waals surface area contributed by atoms with E-state index in [1.807, 2.05) is 0 Å². The Morgan fingerprint density at radius 2 is 2.10 bits per heavy atom. The molecule has 20 heavy (non-hydrogen) atoms. The maximum atomic E-state index is 12.2. The lowest BCUT2D eigenvalue weighted by Crippen LogP contribution is -2.50. The summed E-state index contributed by atoms with van der Waals surface area (Å²) < 4.78 is 0. The van der Waals surface area contributed by atoms with Crippen LogP contribution >= 0.6 is 0 Å². The van der Waals surface area contributed by atoms with Gasteiger partial charge in [-0.3, -0.25) is 4.79 Å². The zero-order chi connectivity index (χ0) is 14.9. The van der Waals surface area contributed by atoms with Crippen molar-refractivity contribution in [3.05, 3.63) is 0 Å². The molecule has 2 amide bonds. The highest BCUT2D eigenvalue weighted by Crippen LogP contribution is 2.35. The molecule has 5 nitrogen and oxygen atoms in total. The minimum atomic E-state index is -0.780. The first-order chi connectivity index (χ1) is 9.36. The highest BCUT2D eigenvalue weighted by atomic mass is 16.4. The molecule has 0 aromatic heterocycles. The van der Waals surface area contributed by atoms with Gasteiger partial charge >= 0.3 is 12.0 Å². The molecule has 2 fully saturated rings. The monoisotopic (exact) mass is 282 g/mol. The number of urea groups is 1. The summed E-state index contributed by atoms with van der Waals surface area (Å²) in [6.45, 7) is 6.95. The molecule has 5 heteroatoms. The number of piperidine rings is 1. The number of nitrogens with zero attached hydrogens (tertiary/aromatic N) is 1. The summed E-state index contributed by atoms with van der Waals surface area (Å²) in [4.78, 5) is 25.4. The lowest BCUT2D eigenvalue weighted by molar-refractivity contribution is -0.151. The number of carboxylic acids is 1. The predicted octanol–water partition coefficient (Wildman–Crippen LogP) is 2.32. The molecule has 0 radical (unpaired) electrons. The molecule has 0 aromatic carbocycles. The van der Waals surface area contributed by atoms with Crippen molar-refractivity contribution in [3.8, 4) is 0 Å². The molecule has 3 atom stereocenters. The van der Waals surface area contributed by atoms with Crippen molar-refractivity contribution in [3.63, 3.8) is 0 Å². The lowest BCUT2D eigenvalue weighted by Gasteiger charge is -2.39. The minimum absolute atomic E-state index is 0.0168. The summed E-state index contributed by atoms with van der Waals surface area (Å²) in [6, 6.07) is 0.317. The fourth-order valence-corrected chi connectivity index (χ4v) is 3.05. The Morgan fingerprint density at radius 1 is 1.40 bits per heavy atom. The molecular weight excluding hydrogens is 256 g/mol. The fraction of sp³-hybridized carbons (Fsp3) is 0.867. The van der Waals surface area contributed by atoms with Gasteiger partial charge in [0.25, 0.3) is 0 Å². The average molecular weight is 282 g/mol. The topological polar surface area (TPSA) is 69.6 Å². The Kier molecular flexibility index (Phi) is 4.25. The SMILES string of the molecule is CCC1CC1NC(=O)N1CCCC(C(C)(C)C(=O)O)C1. The Balaban J connectivity index is 1.90. The molecule has 2 aliphatic rings. The minimum Gasteiger partial charge on any atom is -0.481 e. The molecule has 1 heterocycles. The average Bonchev–Trinajstić information content (AvgIpc) is 3.17. The van der Waals surface area contributed by atoms with Crippen molar-refractivity contribution in [2.45, 2.75) is 52.5 Å². The van der Waals surface area contributed by atoms with Crippen molar-refractivity contribution in [1.29, 1.82) is 0 Å². The number of aliphatic carboxylic acids is 1. The van der Waals surface area contributed by atoms with Gasteiger partial charge in [0.2, 0.25) is 0 Å². The molecular formula is C15H26N2O3. The molecule has 1 aliphatic carbocycles. The Hall–Kier alpha value is -1.26. The Bertz CT molecular complexity index is 395. The number of rotatable bonds is 4. The van der Waals surface area contributed by atoms with Gasteiger partial charge in [0.15, 0.2) is 0 Å². The first-order valence-corrected chi connectivity index (χ1v) is 7.65. The predicted molar refractivity (Wildman–Crippen MR) is 76.4 cm³/mol. The highest BCUT2D eigenvalue weighted by Gasteiger charge is 2.41. The third kappa shape index (κ3) is 3.07. The van der Waals surface area contributed by atoms with Gasteiger partial charge in [-0.1, -0.05) is 13.3 Å². The summed E-state index contributed by atoms with van der Waals surface area (Å²) >= 11 is 0. The first-order valence-electron chi connectivity index (χ1n) is 7.65. The van der Waals surface area contributed by atoms with E-state index in [0.29, 0.717) is 18.5 Å². The van der Waals surface area contributed by atoms with Gasteiger partial charge in [0, 0.05) is 19.1 Å². The van der Waals surface area contributed by atoms with E-state index < -0.39 is 11.4 Å². The fourth-order valence-electron chi connectivity index (χ4n) is 3.05. The maximum Gasteiger partial charge on any atom is 0.317 e. The van der Waals surface area contributed by atoms with Gasteiger partial charge in [-0.25, -0.2) is 4.79 Å². The van der Waals surface area contributed by atoms with Crippen molar-refractivity contribution in [1.82, 2.24) is 10.2 Å². The van der Waals surface area contributed by atoms with Gasteiger partial charge in [0.05, 0.1) is 5.41 Å². The van der Waals surface area contributed by atoms with E-state index in [0.717, 1.165) is 32.2 Å². The Morgan fingerprint density at radius 3 is 2.65 bits per heavy atom. The van der Waals surface area contributed by atoms with Crippen LogP contribution in [0.4, 0.5) is 4.79 Å². The largest absolute Gasteiger partial charge is 0.481 e. The number of hydrogen-bond acceptors (Lipinski definition) is 2. The van der Waals surface area contributed by atoms with E-state index >= 15 is 0 Å². The van der Waals surface area contributed by atoms with E-state index in [-0.39, 0.29) is 11.9 Å². The van der Waals surface area contributed by atoms with Crippen LogP contribution < -0.4 is 5.32 Å². The summed E-state index contributed by atoms with van der Waals surface area (Å²) in [6.07, 6.45) is 3.96. The van der Waals surface area contributed by atoms with Crippen LogP contribution in [0.5, 0.6) is 0 Å². The van der Waals surface area contributed by atoms with Crippen LogP contribution in [0.25, 0.3) is 0 Å². The smallest absolute Gasteiger partial charge is 0.317 e. The number of nitrogens with one attached hydrogen (secondary N) is 1. The zero-order valence-corrected chi connectivity index (χ0v) is 12.7. The van der Waals surface area contributed by atoms with Crippen molar-refractivity contribution in [2.75, 3.05) is 13.1 Å². The van der Waals surface area contributed by atoms with Gasteiger partial charge in [0.1, 0.15) is 0 Å². The third-order valence-corrected chi connectivity index (χ3v) is 5.04. The van der Waals surface area contributed by atoms with Crippen LogP contribution in [-0.2, 0) is 4.79 Å². The molecule has 2 rings (SSSR count). The first kappa shape index (κ1) is 15.1. The van der Waals surface area contributed by atoms with E-state index in [4.69, 9.17) is 0 Å². The second kappa shape index (κ2) is 5.62. The molecule has 1 aliphatic heterocycles. The number of carbonyl (C=O) groups is 2. The van der Waals surface area contributed by atoms with Crippen molar-refractivity contribution < 1.29 is 14.7 Å². The second-order valence-electron chi connectivity index (χ2n) is 6.77. The summed E-state index contributed by atoms with van der Waals surface area (Å²) in [5, 5.41) is 12.4. The number of carbonyl (C=O) groups excluding carboxylic acids is 1. The van der Waals surface area contributed by atoms with E-state index in [1.54, 1.807) is 18.7 Å². The lowest BCUT2D eigenvalue weighted by atomic mass is 9.74. The molecule has 2 N–H and O–H groups in total. The summed E-state index contributed by atoms with van der Waals surface area (Å²) in [5.41, 5.74) is -0.773. The van der Waals surface area contributed by atoms with E-state index in [2.05, 4.69) is 12.2 Å². The van der Waals surface area contributed by atoms with Crippen LogP contribution in [-0.4, -0.2) is 41.1 Å². The Labute approximate surface area is 120 Å². The summed E-state index contributed by atoms with van der Waals surface area (Å²) in [5.74, 6) is -0.117. The van der Waals surface area contributed by atoms with Crippen LogP contribution in [0.15, 0.2) is 0 Å². The van der Waals surface area contributed by atoms with Crippen LogP contribution in [0, 0.1) is 17.3 Å². The molecule has 0 bridgehead atoms. The molecule has 1 saturated heterocycles. The summed E-state index contributed by atoms with van der Waals surface area (Å²) in [7, 11) is 0. The van der Waals surface area contributed by atoms with Gasteiger partial charge in [-0.15, -0.1) is 0 Å². The van der Waals surface area contributed by atoms with E-state index in [9.17, 15) is 14.7 Å². The quantitative estimate of drug-likeness (QED) is 0.831. The van der Waals surface area contributed by atoms with Crippen molar-refractivity contribution in [2.24, 2.45) is 17.3 Å². The molecule has 0 aromatic rings. The zero-order valence-electron chi connectivity index (χ0n) is 12.7. The maximum absolute atomic E-state index is 12.2. The number of carboxylic acid groups (broad SMARTS) is 1. The van der Waals surface area contributed by atoms with Crippen LogP contribution in [0.3, 0.4) is 0 Å². The molecule has 1 saturated carbocycles. The van der Waals surface area contributed by atoms with Gasteiger partial charge in [-0.05, 0) is 44.9 Å². The van der Waals surface area contributed by atoms with Gasteiger partial charge in [-0.2, -0.15) is 0 Å². The number of amides is 2. The molecule has 114 valence electrons. The molecule has 3 unspecified atom stereocenters. The highest BCUT2D eigenvalue weighted by molar-refractivity contribution is 5.76. The van der Waals surface area contributed by atoms with Crippen LogP contribution in [0.1, 0.15) is 46.5 Å². The van der Waals surface area contributed by atoms with Crippen molar-refractivity contribution >= 4 is 12.0 Å². The third-order valence-electron chi connectivity index (χ3n) is 5.04. The van der Waals surface area contributed by atoms with Gasteiger partial charge < -0.3 is 15.3 Å². The van der Waals surface area contributed by atoms with Crippen LogP contribution in [0.2, 0.25) is 0 Å². The number of likely N-dealkylation sites (tertiary alicyclic amines) is 1. The van der Waals surface area contributed by atoms with E-state index in [1.165, 1.54) is 0 Å².